The van der Waals surface area contributed by atoms with Gasteiger partial charge in [-0.2, -0.15) is 0 Å². The fourth-order valence-corrected chi connectivity index (χ4v) is 6.66. The lowest BCUT2D eigenvalue weighted by atomic mass is 9.69. The number of benzene rings is 3. The largest absolute Gasteiger partial charge is 0.426 e. The molecule has 0 aliphatic heterocycles. The van der Waals surface area contributed by atoms with Gasteiger partial charge in [-0.25, -0.2) is 0 Å². The molecule has 4 heteroatoms. The van der Waals surface area contributed by atoms with Crippen molar-refractivity contribution in [2.75, 3.05) is 0 Å². The monoisotopic (exact) mass is 590 g/mol. The summed E-state index contributed by atoms with van der Waals surface area (Å²) < 4.78 is 5.91. The molecule has 0 amide bonds. The van der Waals surface area contributed by atoms with Gasteiger partial charge in [0, 0.05) is 5.56 Å². The number of hydrogen-bond acceptors (Lipinski definition) is 3. The molecule has 0 heterocycles. The summed E-state index contributed by atoms with van der Waals surface area (Å²) in [6, 6.07) is 17.4. The Hall–Kier alpha value is -2.19. The highest BCUT2D eigenvalue weighted by molar-refractivity contribution is 7.39. The van der Waals surface area contributed by atoms with Crippen molar-refractivity contribution in [3.63, 3.8) is 0 Å². The van der Waals surface area contributed by atoms with Crippen LogP contribution in [0.5, 0.6) is 5.75 Å². The SMILES string of the molecule is CCCCc1ccc(OP(O)O)c(-c2cccc(C(C)(C)C)c2C(C)(C)C)c1-c1cccc(C(C)(C)C)c1C(C)(C)C. The lowest BCUT2D eigenvalue weighted by molar-refractivity contribution is 0.375. The Morgan fingerprint density at radius 2 is 1.05 bits per heavy atom. The van der Waals surface area contributed by atoms with Crippen molar-refractivity contribution in [3.8, 4) is 28.0 Å². The maximum absolute atomic E-state index is 10.2. The molecule has 0 saturated carbocycles. The van der Waals surface area contributed by atoms with Crippen molar-refractivity contribution in [2.24, 2.45) is 0 Å². The van der Waals surface area contributed by atoms with Crippen molar-refractivity contribution in [1.29, 1.82) is 0 Å². The Kier molecular flexibility index (Phi) is 10.2. The Morgan fingerprint density at radius 3 is 1.43 bits per heavy atom. The Balaban J connectivity index is 2.71. The lowest BCUT2D eigenvalue weighted by Gasteiger charge is -2.35. The normalized spacial score (nSPS) is 13.1. The van der Waals surface area contributed by atoms with Crippen LogP contribution in [0.15, 0.2) is 48.5 Å². The van der Waals surface area contributed by atoms with Crippen LogP contribution in [0, 0.1) is 0 Å². The average Bonchev–Trinajstić information content (AvgIpc) is 2.84. The van der Waals surface area contributed by atoms with E-state index in [9.17, 15) is 9.79 Å². The predicted molar refractivity (Wildman–Crippen MR) is 183 cm³/mol. The maximum atomic E-state index is 10.2. The van der Waals surface area contributed by atoms with E-state index >= 15 is 0 Å². The highest BCUT2D eigenvalue weighted by Gasteiger charge is 2.34. The van der Waals surface area contributed by atoms with E-state index in [-0.39, 0.29) is 21.7 Å². The van der Waals surface area contributed by atoms with Gasteiger partial charge in [-0.15, -0.1) is 0 Å². The summed E-state index contributed by atoms with van der Waals surface area (Å²) in [7, 11) is -2.61. The van der Waals surface area contributed by atoms with Crippen LogP contribution in [0.25, 0.3) is 22.3 Å². The summed E-state index contributed by atoms with van der Waals surface area (Å²) in [4.78, 5) is 20.4. The van der Waals surface area contributed by atoms with Gasteiger partial charge >= 0.3 is 8.60 Å². The van der Waals surface area contributed by atoms with E-state index in [1.807, 2.05) is 6.07 Å². The van der Waals surface area contributed by atoms with Gasteiger partial charge in [0.25, 0.3) is 0 Å². The Bertz CT molecular complexity index is 1390. The summed E-state index contributed by atoms with van der Waals surface area (Å²) in [6.45, 7) is 29.6. The molecule has 3 aromatic rings. The molecule has 42 heavy (non-hydrogen) atoms. The van der Waals surface area contributed by atoms with Gasteiger partial charge in [-0.3, -0.25) is 0 Å². The van der Waals surface area contributed by atoms with Crippen LogP contribution in [0.2, 0.25) is 0 Å². The fraction of sp³-hybridized carbons (Fsp3) is 0.526. The third-order valence-corrected chi connectivity index (χ3v) is 8.38. The molecule has 0 unspecified atom stereocenters. The molecular weight excluding hydrogens is 535 g/mol. The zero-order chi connectivity index (χ0) is 31.8. The summed E-state index contributed by atoms with van der Waals surface area (Å²) in [6.07, 6.45) is 3.09. The maximum Gasteiger partial charge on any atom is 0.391 e. The van der Waals surface area contributed by atoms with Gasteiger partial charge in [0.1, 0.15) is 5.75 Å². The summed E-state index contributed by atoms with van der Waals surface area (Å²) in [5, 5.41) is 0. The van der Waals surface area contributed by atoms with Crippen LogP contribution >= 0.6 is 8.60 Å². The first kappa shape index (κ1) is 34.3. The van der Waals surface area contributed by atoms with E-state index in [4.69, 9.17) is 4.52 Å². The van der Waals surface area contributed by atoms with Crippen molar-refractivity contribution in [3.05, 3.63) is 76.3 Å². The number of aryl methyl sites for hydroxylation is 1. The molecule has 230 valence electrons. The smallest absolute Gasteiger partial charge is 0.391 e. The quantitative estimate of drug-likeness (QED) is 0.269. The Morgan fingerprint density at radius 1 is 0.595 bits per heavy atom. The van der Waals surface area contributed by atoms with Crippen LogP contribution in [0.1, 0.15) is 131 Å². The standard InChI is InChI=1S/C38H55O3P/c1-14-15-18-25-23-24-30(41-42(39)40)32(27-20-17-22-29(36(5,6)7)34(27)38(11,12)13)31(25)26-19-16-21-28(35(2,3)4)33(26)37(8,9)10/h16-17,19-24,39-40H,14-15,18H2,1-13H3. The van der Waals surface area contributed by atoms with Crippen LogP contribution in [-0.4, -0.2) is 9.79 Å². The minimum Gasteiger partial charge on any atom is -0.426 e. The second-order valence-electron chi connectivity index (χ2n) is 15.9. The summed E-state index contributed by atoms with van der Waals surface area (Å²) >= 11 is 0. The zero-order valence-corrected chi connectivity index (χ0v) is 29.4. The first-order chi connectivity index (χ1) is 19.2. The van der Waals surface area contributed by atoms with Crippen LogP contribution in [0.3, 0.4) is 0 Å². The molecule has 0 saturated heterocycles. The van der Waals surface area contributed by atoms with Crippen LogP contribution in [-0.2, 0) is 28.1 Å². The third kappa shape index (κ3) is 7.47. The van der Waals surface area contributed by atoms with Crippen molar-refractivity contribution in [1.82, 2.24) is 0 Å². The first-order valence-corrected chi connectivity index (χ1v) is 16.7. The summed E-state index contributed by atoms with van der Waals surface area (Å²) in [5.74, 6) is 0.513. The molecule has 3 rings (SSSR count). The lowest BCUT2D eigenvalue weighted by Crippen LogP contribution is -2.24. The fourth-order valence-electron chi connectivity index (χ4n) is 6.33. The molecule has 0 bridgehead atoms. The van der Waals surface area contributed by atoms with Crippen molar-refractivity contribution < 1.29 is 14.3 Å². The molecule has 2 N–H and O–H groups in total. The molecule has 3 aromatic carbocycles. The van der Waals surface area contributed by atoms with Gasteiger partial charge in [-0.1, -0.05) is 139 Å². The van der Waals surface area contributed by atoms with Crippen molar-refractivity contribution in [2.45, 2.75) is 131 Å². The minimum atomic E-state index is -2.61. The van der Waals surface area contributed by atoms with E-state index in [2.05, 4.69) is 132 Å². The molecule has 0 aliphatic carbocycles. The molecule has 0 aromatic heterocycles. The van der Waals surface area contributed by atoms with E-state index in [1.54, 1.807) is 0 Å². The molecular formula is C38H55O3P. The number of hydrogen-bond donors (Lipinski definition) is 2. The Labute approximate surface area is 257 Å². The number of unbranched alkanes of at least 4 members (excludes halogenated alkanes) is 1. The van der Waals surface area contributed by atoms with Gasteiger partial charge in [0.05, 0.1) is 0 Å². The van der Waals surface area contributed by atoms with E-state index in [1.165, 1.54) is 33.4 Å². The topological polar surface area (TPSA) is 49.7 Å². The van der Waals surface area contributed by atoms with E-state index < -0.39 is 8.60 Å². The second-order valence-corrected chi connectivity index (χ2v) is 16.6. The van der Waals surface area contributed by atoms with Gasteiger partial charge in [-0.05, 0) is 85.1 Å². The second kappa shape index (κ2) is 12.4. The molecule has 0 fully saturated rings. The van der Waals surface area contributed by atoms with Gasteiger partial charge in [0.15, 0.2) is 0 Å². The number of rotatable bonds is 7. The molecule has 3 nitrogen and oxygen atoms in total. The van der Waals surface area contributed by atoms with Crippen LogP contribution < -0.4 is 4.52 Å². The molecule has 0 aliphatic rings. The van der Waals surface area contributed by atoms with E-state index in [0.717, 1.165) is 36.0 Å². The zero-order valence-electron chi connectivity index (χ0n) is 28.5. The van der Waals surface area contributed by atoms with Crippen molar-refractivity contribution >= 4 is 8.60 Å². The summed E-state index contributed by atoms with van der Waals surface area (Å²) in [5.41, 5.74) is 10.4. The molecule has 0 atom stereocenters. The third-order valence-electron chi connectivity index (χ3n) is 8.02. The highest BCUT2D eigenvalue weighted by Crippen LogP contribution is 2.52. The predicted octanol–water partition coefficient (Wildman–Crippen LogP) is 11.1. The molecule has 0 radical (unpaired) electrons. The van der Waals surface area contributed by atoms with Crippen LogP contribution in [0.4, 0.5) is 0 Å². The van der Waals surface area contributed by atoms with Gasteiger partial charge < -0.3 is 14.3 Å². The average molecular weight is 591 g/mol. The van der Waals surface area contributed by atoms with Gasteiger partial charge in [0.2, 0.25) is 0 Å². The highest BCUT2D eigenvalue weighted by atomic mass is 31.2. The first-order valence-electron chi connectivity index (χ1n) is 15.5. The molecule has 0 spiro atoms. The van der Waals surface area contributed by atoms with E-state index in [0.29, 0.717) is 5.75 Å². The minimum absolute atomic E-state index is 0.0519.